The summed E-state index contributed by atoms with van der Waals surface area (Å²) in [5.74, 6) is 0.845. The van der Waals surface area contributed by atoms with Crippen LogP contribution in [0.2, 0.25) is 0 Å². The Labute approximate surface area is 86.7 Å². The molecule has 0 bridgehead atoms. The predicted molar refractivity (Wildman–Crippen MR) is 57.3 cm³/mol. The summed E-state index contributed by atoms with van der Waals surface area (Å²) >= 11 is 0. The van der Waals surface area contributed by atoms with Gasteiger partial charge in [0, 0.05) is 6.42 Å². The third-order valence-corrected chi connectivity index (χ3v) is 3.83. The van der Waals surface area contributed by atoms with E-state index in [1.807, 2.05) is 0 Å². The van der Waals surface area contributed by atoms with Crippen LogP contribution in [-0.4, -0.2) is 11.8 Å². The molecule has 0 saturated heterocycles. The van der Waals surface area contributed by atoms with Gasteiger partial charge in [0.2, 0.25) is 0 Å². The van der Waals surface area contributed by atoms with Gasteiger partial charge in [0.1, 0.15) is 11.8 Å². The first-order valence-electron chi connectivity index (χ1n) is 5.63. The van der Waals surface area contributed by atoms with Crippen LogP contribution in [0.25, 0.3) is 0 Å². The highest BCUT2D eigenvalue weighted by molar-refractivity contribution is 5.59. The van der Waals surface area contributed by atoms with Gasteiger partial charge < -0.3 is 4.84 Å². The molecular formula is C12H20NO. The molecule has 2 nitrogen and oxygen atoms in total. The average molecular weight is 194 g/mol. The van der Waals surface area contributed by atoms with Crippen LogP contribution in [0.5, 0.6) is 0 Å². The van der Waals surface area contributed by atoms with Crippen molar-refractivity contribution in [1.29, 1.82) is 0 Å². The maximum Gasteiger partial charge on any atom is 0.143 e. The first kappa shape index (κ1) is 10.0. The summed E-state index contributed by atoms with van der Waals surface area (Å²) in [5.41, 5.74) is 0.493. The number of hydrogen-bond donors (Lipinski definition) is 0. The second-order valence-corrected chi connectivity index (χ2v) is 5.84. The molecule has 1 saturated carbocycles. The van der Waals surface area contributed by atoms with Crippen LogP contribution in [0.4, 0.5) is 0 Å². The Morgan fingerprint density at radius 1 is 1.29 bits per heavy atom. The molecule has 0 aromatic carbocycles. The molecule has 0 amide bonds. The SMILES string of the molecule is CC(C)(C)C1CCC2(C[C]=NO2)CC1. The van der Waals surface area contributed by atoms with Gasteiger partial charge in [0.25, 0.3) is 0 Å². The standard InChI is InChI=1S/C12H20NO/c1-11(2,3)10-4-6-12(7-5-10)8-9-13-14-12/h10H,4-8H2,1-3H3. The van der Waals surface area contributed by atoms with Crippen LogP contribution in [0.1, 0.15) is 52.9 Å². The van der Waals surface area contributed by atoms with Gasteiger partial charge in [-0.1, -0.05) is 25.9 Å². The van der Waals surface area contributed by atoms with Crippen molar-refractivity contribution in [1.82, 2.24) is 0 Å². The summed E-state index contributed by atoms with van der Waals surface area (Å²) in [4.78, 5) is 5.46. The van der Waals surface area contributed by atoms with Crippen LogP contribution in [0.3, 0.4) is 0 Å². The third-order valence-electron chi connectivity index (χ3n) is 3.83. The smallest absolute Gasteiger partial charge is 0.143 e. The highest BCUT2D eigenvalue weighted by atomic mass is 16.7. The molecule has 1 spiro atoms. The van der Waals surface area contributed by atoms with Crippen LogP contribution in [0, 0.1) is 11.3 Å². The van der Waals surface area contributed by atoms with Crippen LogP contribution < -0.4 is 0 Å². The van der Waals surface area contributed by atoms with E-state index in [4.69, 9.17) is 4.84 Å². The summed E-state index contributed by atoms with van der Waals surface area (Å²) in [7, 11) is 0. The highest BCUT2D eigenvalue weighted by Crippen LogP contribution is 2.44. The zero-order chi connectivity index (χ0) is 10.2. The lowest BCUT2D eigenvalue weighted by atomic mass is 9.68. The molecule has 0 atom stereocenters. The summed E-state index contributed by atoms with van der Waals surface area (Å²) in [5, 5.41) is 3.80. The van der Waals surface area contributed by atoms with Gasteiger partial charge in [-0.3, -0.25) is 0 Å². The van der Waals surface area contributed by atoms with Gasteiger partial charge in [0.05, 0.1) is 0 Å². The second kappa shape index (κ2) is 3.25. The zero-order valence-corrected chi connectivity index (χ0v) is 9.47. The number of hydrogen-bond acceptors (Lipinski definition) is 2. The Hall–Kier alpha value is -0.530. The van der Waals surface area contributed by atoms with Crippen molar-refractivity contribution >= 4 is 6.21 Å². The molecule has 79 valence electrons. The fourth-order valence-electron chi connectivity index (χ4n) is 2.62. The molecule has 0 aromatic heterocycles. The van der Waals surface area contributed by atoms with Crippen LogP contribution in [0.15, 0.2) is 5.16 Å². The normalized spacial score (nSPS) is 37.5. The first-order chi connectivity index (χ1) is 6.52. The molecule has 1 fully saturated rings. The van der Waals surface area contributed by atoms with Crippen molar-refractivity contribution in [2.45, 2.75) is 58.5 Å². The quantitative estimate of drug-likeness (QED) is 0.580. The lowest BCUT2D eigenvalue weighted by molar-refractivity contribution is -0.0640. The van der Waals surface area contributed by atoms with E-state index in [-0.39, 0.29) is 5.60 Å². The summed E-state index contributed by atoms with van der Waals surface area (Å²) < 4.78 is 0. The average Bonchev–Trinajstić information content (AvgIpc) is 2.53. The minimum Gasteiger partial charge on any atom is -0.389 e. The van der Waals surface area contributed by atoms with Crippen molar-refractivity contribution in [3.05, 3.63) is 0 Å². The summed E-state index contributed by atoms with van der Waals surface area (Å²) in [6.45, 7) is 7.02. The highest BCUT2D eigenvalue weighted by Gasteiger charge is 2.42. The molecule has 1 radical (unpaired) electrons. The van der Waals surface area contributed by atoms with E-state index >= 15 is 0 Å². The van der Waals surface area contributed by atoms with E-state index in [1.54, 1.807) is 0 Å². The fourth-order valence-corrected chi connectivity index (χ4v) is 2.62. The number of nitrogens with zero attached hydrogens (tertiary/aromatic N) is 1. The van der Waals surface area contributed by atoms with Gasteiger partial charge in [-0.15, -0.1) is 0 Å². The zero-order valence-electron chi connectivity index (χ0n) is 9.47. The van der Waals surface area contributed by atoms with Crippen LogP contribution in [-0.2, 0) is 4.84 Å². The molecule has 0 N–H and O–H groups in total. The largest absolute Gasteiger partial charge is 0.389 e. The topological polar surface area (TPSA) is 21.6 Å². The van der Waals surface area contributed by atoms with Gasteiger partial charge >= 0.3 is 0 Å². The monoisotopic (exact) mass is 194 g/mol. The lowest BCUT2D eigenvalue weighted by Gasteiger charge is -2.40. The molecule has 1 aliphatic heterocycles. The number of rotatable bonds is 0. The second-order valence-electron chi connectivity index (χ2n) is 5.84. The molecule has 1 aliphatic carbocycles. The Morgan fingerprint density at radius 3 is 2.36 bits per heavy atom. The van der Waals surface area contributed by atoms with E-state index in [2.05, 4.69) is 32.1 Å². The van der Waals surface area contributed by atoms with Crippen molar-refractivity contribution < 1.29 is 4.84 Å². The van der Waals surface area contributed by atoms with E-state index in [0.717, 1.165) is 25.2 Å². The van der Waals surface area contributed by atoms with Gasteiger partial charge in [-0.2, -0.15) is 0 Å². The molecule has 0 aromatic rings. The molecule has 2 rings (SSSR count). The van der Waals surface area contributed by atoms with Gasteiger partial charge in [-0.05, 0) is 37.0 Å². The first-order valence-corrected chi connectivity index (χ1v) is 5.63. The molecule has 2 aliphatic rings. The van der Waals surface area contributed by atoms with Crippen molar-refractivity contribution in [2.75, 3.05) is 0 Å². The van der Waals surface area contributed by atoms with Crippen LogP contribution >= 0.6 is 0 Å². The van der Waals surface area contributed by atoms with Crippen molar-refractivity contribution in [3.8, 4) is 0 Å². The van der Waals surface area contributed by atoms with Crippen molar-refractivity contribution in [3.63, 3.8) is 0 Å². The molecule has 14 heavy (non-hydrogen) atoms. The van der Waals surface area contributed by atoms with E-state index in [0.29, 0.717) is 5.41 Å². The van der Waals surface area contributed by atoms with Gasteiger partial charge in [-0.25, -0.2) is 0 Å². The fraction of sp³-hybridized carbons (Fsp3) is 0.917. The minimum absolute atomic E-state index is 0.0434. The maximum absolute atomic E-state index is 5.46. The Kier molecular flexibility index (Phi) is 2.32. The predicted octanol–water partition coefficient (Wildman–Crippen LogP) is 3.24. The summed E-state index contributed by atoms with van der Waals surface area (Å²) in [6, 6.07) is 0. The minimum atomic E-state index is 0.0434. The Bertz CT molecular complexity index is 221. The van der Waals surface area contributed by atoms with Gasteiger partial charge in [0.15, 0.2) is 0 Å². The molecular weight excluding hydrogens is 174 g/mol. The van der Waals surface area contributed by atoms with E-state index in [1.165, 1.54) is 12.8 Å². The summed E-state index contributed by atoms with van der Waals surface area (Å²) in [6.07, 6.45) is 8.72. The molecule has 2 heteroatoms. The van der Waals surface area contributed by atoms with E-state index in [9.17, 15) is 0 Å². The Balaban J connectivity index is 1.92. The Morgan fingerprint density at radius 2 is 1.93 bits per heavy atom. The van der Waals surface area contributed by atoms with Crippen molar-refractivity contribution in [2.24, 2.45) is 16.5 Å². The lowest BCUT2D eigenvalue weighted by Crippen LogP contribution is -2.37. The molecule has 0 unspecified atom stereocenters. The molecule has 1 heterocycles. The maximum atomic E-state index is 5.46. The van der Waals surface area contributed by atoms with E-state index < -0.39 is 0 Å². The third kappa shape index (κ3) is 1.79.